The Morgan fingerprint density at radius 2 is 1.68 bits per heavy atom. The highest BCUT2D eigenvalue weighted by molar-refractivity contribution is 9.10. The lowest BCUT2D eigenvalue weighted by molar-refractivity contribution is -0.123. The van der Waals surface area contributed by atoms with E-state index in [1.165, 1.54) is 0 Å². The lowest BCUT2D eigenvalue weighted by Crippen LogP contribution is -2.43. The van der Waals surface area contributed by atoms with E-state index in [-0.39, 0.29) is 30.0 Å². The Kier molecular flexibility index (Phi) is 6.38. The van der Waals surface area contributed by atoms with Crippen LogP contribution in [0.2, 0.25) is 0 Å². The van der Waals surface area contributed by atoms with Crippen molar-refractivity contribution in [3.05, 3.63) is 34.3 Å². The highest BCUT2D eigenvalue weighted by Crippen LogP contribution is 2.22. The molecule has 1 saturated heterocycles. The van der Waals surface area contributed by atoms with Crippen LogP contribution in [-0.4, -0.2) is 41.3 Å². The number of carbonyl (C=O) groups excluding carboxylic acids is 3. The van der Waals surface area contributed by atoms with Crippen molar-refractivity contribution < 1.29 is 19.1 Å². The lowest BCUT2D eigenvalue weighted by Gasteiger charge is -2.32. The summed E-state index contributed by atoms with van der Waals surface area (Å²) in [6, 6.07) is 7.00. The monoisotopic (exact) mass is 409 g/mol. The average molecular weight is 410 g/mol. The van der Waals surface area contributed by atoms with Crippen molar-refractivity contribution in [1.29, 1.82) is 0 Å². The summed E-state index contributed by atoms with van der Waals surface area (Å²) >= 11 is 3.32. The molecule has 0 saturated carbocycles. The second-order valence-electron chi connectivity index (χ2n) is 7.31. The van der Waals surface area contributed by atoms with E-state index in [4.69, 9.17) is 4.74 Å². The van der Waals surface area contributed by atoms with Crippen LogP contribution in [-0.2, 0) is 9.53 Å². The van der Waals surface area contributed by atoms with E-state index in [0.29, 0.717) is 31.5 Å². The quantitative estimate of drug-likeness (QED) is 0.550. The van der Waals surface area contributed by atoms with Crippen molar-refractivity contribution in [2.24, 2.45) is 5.92 Å². The van der Waals surface area contributed by atoms with E-state index in [1.54, 1.807) is 29.2 Å². The van der Waals surface area contributed by atoms with E-state index >= 15 is 0 Å². The molecule has 0 bridgehead atoms. The van der Waals surface area contributed by atoms with Crippen molar-refractivity contribution in [3.8, 4) is 0 Å². The normalized spacial score (nSPS) is 15.8. The Balaban J connectivity index is 1.84. The minimum absolute atomic E-state index is 0.0447. The van der Waals surface area contributed by atoms with Crippen LogP contribution >= 0.6 is 15.9 Å². The molecule has 1 aliphatic heterocycles. The standard InChI is InChI=1S/C19H24BrNO4/c1-19(2,3)25-18(24)21-10-8-14(9-11-21)17(23)12-16(22)13-4-6-15(20)7-5-13/h4-7,14H,8-12H2,1-3H3. The van der Waals surface area contributed by atoms with Crippen LogP contribution in [0.5, 0.6) is 0 Å². The van der Waals surface area contributed by atoms with Gasteiger partial charge >= 0.3 is 6.09 Å². The first-order valence-electron chi connectivity index (χ1n) is 8.45. The van der Waals surface area contributed by atoms with E-state index in [0.717, 1.165) is 4.47 Å². The van der Waals surface area contributed by atoms with E-state index in [1.807, 2.05) is 20.8 Å². The molecular formula is C19H24BrNO4. The summed E-state index contributed by atoms with van der Waals surface area (Å²) in [5.41, 5.74) is 0.0173. The number of nitrogens with zero attached hydrogens (tertiary/aromatic N) is 1. The van der Waals surface area contributed by atoms with Gasteiger partial charge in [-0.05, 0) is 45.7 Å². The van der Waals surface area contributed by atoms with Crippen LogP contribution in [0.3, 0.4) is 0 Å². The van der Waals surface area contributed by atoms with Gasteiger partial charge in [-0.1, -0.05) is 28.1 Å². The van der Waals surface area contributed by atoms with Crippen LogP contribution in [0.1, 0.15) is 50.4 Å². The van der Waals surface area contributed by atoms with Gasteiger partial charge in [0.25, 0.3) is 0 Å². The number of piperidine rings is 1. The Labute approximate surface area is 156 Å². The van der Waals surface area contributed by atoms with Crippen molar-refractivity contribution in [1.82, 2.24) is 4.90 Å². The van der Waals surface area contributed by atoms with Gasteiger partial charge in [-0.3, -0.25) is 9.59 Å². The zero-order valence-corrected chi connectivity index (χ0v) is 16.5. The molecule has 1 heterocycles. The summed E-state index contributed by atoms with van der Waals surface area (Å²) in [5.74, 6) is -0.373. The van der Waals surface area contributed by atoms with Crippen LogP contribution in [0.25, 0.3) is 0 Å². The van der Waals surface area contributed by atoms with Gasteiger partial charge in [-0.2, -0.15) is 0 Å². The lowest BCUT2D eigenvalue weighted by atomic mass is 9.89. The molecule has 1 aliphatic rings. The fourth-order valence-corrected chi connectivity index (χ4v) is 3.02. The largest absolute Gasteiger partial charge is 0.444 e. The Hall–Kier alpha value is -1.69. The smallest absolute Gasteiger partial charge is 0.410 e. The Morgan fingerprint density at radius 3 is 2.20 bits per heavy atom. The SMILES string of the molecule is CC(C)(C)OC(=O)N1CCC(C(=O)CC(=O)c2ccc(Br)cc2)CC1. The van der Waals surface area contributed by atoms with Gasteiger partial charge in [-0.15, -0.1) is 0 Å². The molecule has 0 aromatic heterocycles. The summed E-state index contributed by atoms with van der Waals surface area (Å²) in [5, 5.41) is 0. The molecule has 1 fully saturated rings. The first-order valence-corrected chi connectivity index (χ1v) is 9.24. The molecule has 25 heavy (non-hydrogen) atoms. The zero-order chi connectivity index (χ0) is 18.6. The number of rotatable bonds is 4. The number of hydrogen-bond acceptors (Lipinski definition) is 4. The van der Waals surface area contributed by atoms with Gasteiger partial charge in [0.15, 0.2) is 5.78 Å². The van der Waals surface area contributed by atoms with Crippen LogP contribution in [0.4, 0.5) is 4.79 Å². The molecule has 5 nitrogen and oxygen atoms in total. The van der Waals surface area contributed by atoms with Crippen LogP contribution < -0.4 is 0 Å². The molecule has 1 aromatic carbocycles. The van der Waals surface area contributed by atoms with Gasteiger partial charge in [0, 0.05) is 29.0 Å². The molecule has 0 N–H and O–H groups in total. The average Bonchev–Trinajstić information content (AvgIpc) is 2.54. The molecule has 0 spiro atoms. The van der Waals surface area contributed by atoms with E-state index in [2.05, 4.69) is 15.9 Å². The number of benzene rings is 1. The number of ether oxygens (including phenoxy) is 1. The van der Waals surface area contributed by atoms with Crippen molar-refractivity contribution in [3.63, 3.8) is 0 Å². The van der Waals surface area contributed by atoms with Crippen LogP contribution in [0, 0.1) is 5.92 Å². The third-order valence-electron chi connectivity index (χ3n) is 4.10. The number of likely N-dealkylation sites (tertiary alicyclic amines) is 1. The van der Waals surface area contributed by atoms with Gasteiger partial charge in [0.1, 0.15) is 11.4 Å². The van der Waals surface area contributed by atoms with Crippen molar-refractivity contribution in [2.75, 3.05) is 13.1 Å². The highest BCUT2D eigenvalue weighted by Gasteiger charge is 2.30. The molecule has 2 rings (SSSR count). The number of Topliss-reactive ketones (excluding diaryl/α,β-unsaturated/α-hetero) is 2. The fourth-order valence-electron chi connectivity index (χ4n) is 2.75. The molecule has 136 valence electrons. The van der Waals surface area contributed by atoms with Gasteiger partial charge in [0.05, 0.1) is 6.42 Å². The molecule has 0 aliphatic carbocycles. The predicted molar refractivity (Wildman–Crippen MR) is 98.6 cm³/mol. The Bertz CT molecular complexity index is 640. The van der Waals surface area contributed by atoms with Crippen molar-refractivity contribution in [2.45, 2.75) is 45.6 Å². The van der Waals surface area contributed by atoms with Gasteiger partial charge in [0.2, 0.25) is 0 Å². The third-order valence-corrected chi connectivity index (χ3v) is 4.63. The third kappa shape index (κ3) is 5.96. The number of halogens is 1. The number of ketones is 2. The van der Waals surface area contributed by atoms with Gasteiger partial charge in [-0.25, -0.2) is 4.79 Å². The zero-order valence-electron chi connectivity index (χ0n) is 14.9. The van der Waals surface area contributed by atoms with Crippen LogP contribution in [0.15, 0.2) is 28.7 Å². The molecule has 6 heteroatoms. The number of amides is 1. The maximum absolute atomic E-state index is 12.4. The molecule has 0 unspecified atom stereocenters. The summed E-state index contributed by atoms with van der Waals surface area (Å²) in [6.07, 6.45) is 0.722. The number of hydrogen-bond donors (Lipinski definition) is 0. The van der Waals surface area contributed by atoms with E-state index < -0.39 is 5.60 Å². The summed E-state index contributed by atoms with van der Waals surface area (Å²) < 4.78 is 6.24. The molecule has 1 aromatic rings. The van der Waals surface area contributed by atoms with Crippen molar-refractivity contribution >= 4 is 33.6 Å². The molecule has 1 amide bonds. The molecule has 0 atom stereocenters. The minimum atomic E-state index is -0.527. The second kappa shape index (κ2) is 8.13. The topological polar surface area (TPSA) is 63.7 Å². The van der Waals surface area contributed by atoms with Gasteiger partial charge < -0.3 is 9.64 Å². The van der Waals surface area contributed by atoms with E-state index in [9.17, 15) is 14.4 Å². The maximum atomic E-state index is 12.4. The predicted octanol–water partition coefficient (Wildman–Crippen LogP) is 4.24. The fraction of sp³-hybridized carbons (Fsp3) is 0.526. The molecule has 0 radical (unpaired) electrons. The maximum Gasteiger partial charge on any atom is 0.410 e. The number of carbonyl (C=O) groups is 3. The summed E-state index contributed by atoms with van der Waals surface area (Å²) in [6.45, 7) is 6.45. The minimum Gasteiger partial charge on any atom is -0.444 e. The molecular weight excluding hydrogens is 386 g/mol. The Morgan fingerprint density at radius 1 is 1.12 bits per heavy atom. The highest BCUT2D eigenvalue weighted by atomic mass is 79.9. The summed E-state index contributed by atoms with van der Waals surface area (Å²) in [7, 11) is 0. The second-order valence-corrected chi connectivity index (χ2v) is 8.23. The first-order chi connectivity index (χ1) is 11.7. The summed E-state index contributed by atoms with van der Waals surface area (Å²) in [4.78, 5) is 38.3. The first kappa shape index (κ1) is 19.6.